The quantitative estimate of drug-likeness (QED) is 0.0632. The van der Waals surface area contributed by atoms with Gasteiger partial charge in [-0.1, -0.05) is 181 Å². The van der Waals surface area contributed by atoms with E-state index in [1.807, 2.05) is 54.9 Å². The Bertz CT molecular complexity index is 3340. The van der Waals surface area contributed by atoms with Crippen LogP contribution in [0.15, 0.2) is 149 Å². The zero-order chi connectivity index (χ0) is 53.9. The van der Waals surface area contributed by atoms with E-state index in [0.29, 0.717) is 35.5 Å². The molecule has 0 radical (unpaired) electrons. The fourth-order valence-electron chi connectivity index (χ4n) is 9.87. The van der Waals surface area contributed by atoms with Gasteiger partial charge in [0.2, 0.25) is 5.91 Å². The Morgan fingerprint density at radius 2 is 1.28 bits per heavy atom. The van der Waals surface area contributed by atoms with Gasteiger partial charge < -0.3 is 14.2 Å². The molecule has 3 aliphatic rings. The zero-order valence-corrected chi connectivity index (χ0v) is 47.7. The lowest BCUT2D eigenvalue weighted by Crippen LogP contribution is -2.57. The summed E-state index contributed by atoms with van der Waals surface area (Å²) in [6.07, 6.45) is 4.36. The summed E-state index contributed by atoms with van der Waals surface area (Å²) in [6, 6.07) is 44.6. The molecule has 2 fully saturated rings. The molecule has 11 nitrogen and oxygen atoms in total. The number of benzene rings is 6. The average Bonchev–Trinajstić information content (AvgIpc) is 4.06. The number of carbonyl (C=O) groups is 4. The number of nitrogens with zero attached hydrogens (tertiary/aromatic N) is 4. The molecule has 76 heavy (non-hydrogen) atoms. The maximum atomic E-state index is 12.6. The van der Waals surface area contributed by atoms with Crippen LogP contribution >= 0.6 is 31.9 Å². The van der Waals surface area contributed by atoms with E-state index in [9.17, 15) is 27.6 Å². The molecule has 0 bridgehead atoms. The highest BCUT2D eigenvalue weighted by Crippen LogP contribution is 2.46. The van der Waals surface area contributed by atoms with E-state index < -0.39 is 43.7 Å². The van der Waals surface area contributed by atoms with Gasteiger partial charge in [0, 0.05) is 15.5 Å². The van der Waals surface area contributed by atoms with Crippen molar-refractivity contribution in [2.45, 2.75) is 136 Å². The Kier molecular flexibility index (Phi) is 18.1. The minimum atomic E-state index is -3.59. The van der Waals surface area contributed by atoms with Crippen LogP contribution in [-0.4, -0.2) is 62.6 Å². The van der Waals surface area contributed by atoms with Gasteiger partial charge in [-0.2, -0.15) is 0 Å². The maximum absolute atomic E-state index is 12.6. The summed E-state index contributed by atoms with van der Waals surface area (Å²) < 4.78 is 32.7. The summed E-state index contributed by atoms with van der Waals surface area (Å²) in [5.74, 6) is -0.412. The van der Waals surface area contributed by atoms with E-state index in [2.05, 4.69) is 162 Å². The van der Waals surface area contributed by atoms with Crippen molar-refractivity contribution in [3.05, 3.63) is 188 Å². The minimum Gasteiger partial charge on any atom is -0.459 e. The van der Waals surface area contributed by atoms with Crippen LogP contribution in [0.3, 0.4) is 0 Å². The molecule has 1 unspecified atom stereocenters. The molecular formula is C62H68Br2N4O7S. The Hall–Kier alpha value is -6.22. The number of imidazole rings is 1. The second-order valence-corrected chi connectivity index (χ2v) is 25.2. The number of ether oxygens (including phenoxy) is 1. The number of esters is 1. The van der Waals surface area contributed by atoms with E-state index in [4.69, 9.17) is 4.74 Å². The van der Waals surface area contributed by atoms with Crippen LogP contribution in [-0.2, 0) is 48.7 Å². The highest BCUT2D eigenvalue weighted by Gasteiger charge is 2.68. The van der Waals surface area contributed by atoms with Crippen LogP contribution in [0.5, 0.6) is 0 Å². The number of carbonyl (C=O) groups excluding carboxylic acids is 4. The van der Waals surface area contributed by atoms with Gasteiger partial charge in [-0.05, 0) is 123 Å². The summed E-state index contributed by atoms with van der Waals surface area (Å²) in [7, 11) is -3.59. The summed E-state index contributed by atoms with van der Waals surface area (Å²) >= 11 is 6.82. The fourth-order valence-corrected chi connectivity index (χ4v) is 13.4. The number of halogens is 2. The van der Waals surface area contributed by atoms with Gasteiger partial charge >= 0.3 is 5.97 Å². The van der Waals surface area contributed by atoms with Crippen LogP contribution < -0.4 is 4.90 Å². The standard InChI is InChI=1S/C25H26N2.C18H15Br2NO2.C18H23NO5S.CH4/c1-3-6-19(2)21-13-15-23(16-14-21)22-11-9-20(10-12-22)17-27-18-26-24-7-4-5-8-25(24)27;1-10(2)12-5-3-11(4-6-12)9-21-16-14(17(22)18(21)23)7-13(19)8-15(16)20;1-11(2)13-7-5-12(6-8-13)10-24-17(21)16-18(3,4)25(22,23)15-9-14(20)19(15)16;/h4-5,7-16,18-19H,3,6,17H2,1-2H3;3-8,10H,9H2,1-2H3;5-8,11,15-16H,9-10H2,1-4H3;1H4/t;;15-,16+;/m..1./s1. The van der Waals surface area contributed by atoms with Crippen molar-refractivity contribution in [3.8, 4) is 11.1 Å². The molecule has 7 aromatic rings. The lowest BCUT2D eigenvalue weighted by Gasteiger charge is -2.36. The Balaban J connectivity index is 0.000000165. The van der Waals surface area contributed by atoms with Gasteiger partial charge in [0.25, 0.3) is 11.7 Å². The number of hydrogen-bond donors (Lipinski definition) is 0. The Morgan fingerprint density at radius 3 is 1.86 bits per heavy atom. The predicted octanol–water partition coefficient (Wildman–Crippen LogP) is 14.3. The molecule has 10 rings (SSSR count). The summed E-state index contributed by atoms with van der Waals surface area (Å²) in [4.78, 5) is 56.1. The van der Waals surface area contributed by atoms with Crippen molar-refractivity contribution in [2.24, 2.45) is 0 Å². The Labute approximate surface area is 465 Å². The smallest absolute Gasteiger partial charge is 0.330 e. The third kappa shape index (κ3) is 12.0. The van der Waals surface area contributed by atoms with Gasteiger partial charge in [0.1, 0.15) is 18.0 Å². The number of amides is 2. The normalized spacial score (nSPS) is 17.2. The van der Waals surface area contributed by atoms with Crippen molar-refractivity contribution in [3.63, 3.8) is 0 Å². The van der Waals surface area contributed by atoms with Crippen molar-refractivity contribution in [1.29, 1.82) is 0 Å². The van der Waals surface area contributed by atoms with Crippen LogP contribution in [0.2, 0.25) is 0 Å². The van der Waals surface area contributed by atoms with Gasteiger partial charge in [0.15, 0.2) is 9.84 Å². The number of sulfone groups is 1. The first kappa shape index (κ1) is 57.5. The van der Waals surface area contributed by atoms with E-state index >= 15 is 0 Å². The monoisotopic (exact) mass is 1170 g/mol. The number of rotatable bonds is 13. The minimum absolute atomic E-state index is 0. The average molecular weight is 1170 g/mol. The number of β-lactam (4-membered cyclic amide) rings is 1. The molecule has 0 saturated carbocycles. The molecule has 0 N–H and O–H groups in total. The molecule has 398 valence electrons. The van der Waals surface area contributed by atoms with Gasteiger partial charge in [-0.15, -0.1) is 0 Å². The number of fused-ring (bicyclic) bond motifs is 3. The van der Waals surface area contributed by atoms with Gasteiger partial charge in [0.05, 0.1) is 46.3 Å². The van der Waals surface area contributed by atoms with Crippen LogP contribution in [0.25, 0.3) is 22.2 Å². The molecule has 1 aromatic heterocycles. The van der Waals surface area contributed by atoms with E-state index in [1.165, 1.54) is 70.5 Å². The first-order valence-electron chi connectivity index (χ1n) is 25.5. The molecule has 3 atom stereocenters. The molecule has 6 aromatic carbocycles. The van der Waals surface area contributed by atoms with Crippen molar-refractivity contribution < 1.29 is 32.3 Å². The number of ketones is 1. The predicted molar refractivity (Wildman–Crippen MR) is 311 cm³/mol. The molecule has 0 aliphatic carbocycles. The second kappa shape index (κ2) is 24.0. The van der Waals surface area contributed by atoms with E-state index in [-0.39, 0.29) is 26.4 Å². The fraction of sp³-hybridized carbons (Fsp3) is 0.339. The van der Waals surface area contributed by atoms with Crippen LogP contribution in [0, 0.1) is 0 Å². The third-order valence-electron chi connectivity index (χ3n) is 14.6. The summed E-state index contributed by atoms with van der Waals surface area (Å²) in [5, 5.41) is -0.891. The highest BCUT2D eigenvalue weighted by atomic mass is 79.9. The molecule has 4 heterocycles. The molecule has 14 heteroatoms. The lowest BCUT2D eigenvalue weighted by molar-refractivity contribution is -0.162. The summed E-state index contributed by atoms with van der Waals surface area (Å²) in [6.45, 7) is 17.3. The topological polar surface area (TPSA) is 136 Å². The molecule has 2 amide bonds. The van der Waals surface area contributed by atoms with Crippen LogP contribution in [0.4, 0.5) is 5.69 Å². The number of aromatic nitrogens is 2. The first-order valence-corrected chi connectivity index (χ1v) is 28.7. The van der Waals surface area contributed by atoms with E-state index in [1.54, 1.807) is 11.0 Å². The second-order valence-electron chi connectivity index (χ2n) is 20.8. The largest absolute Gasteiger partial charge is 0.459 e. The van der Waals surface area contributed by atoms with Crippen molar-refractivity contribution in [2.75, 3.05) is 4.90 Å². The van der Waals surface area contributed by atoms with Gasteiger partial charge in [-0.3, -0.25) is 19.3 Å². The summed E-state index contributed by atoms with van der Waals surface area (Å²) in [5.41, 5.74) is 12.8. The molecular weight excluding hydrogens is 1100 g/mol. The molecule has 0 spiro atoms. The number of anilines is 1. The van der Waals surface area contributed by atoms with E-state index in [0.717, 1.165) is 32.1 Å². The third-order valence-corrected chi connectivity index (χ3v) is 18.4. The number of Topliss-reactive ketones (excluding diaryl/α,β-unsaturated/α-hetero) is 1. The Morgan fingerprint density at radius 1 is 0.737 bits per heavy atom. The number of para-hydroxylation sites is 2. The van der Waals surface area contributed by atoms with Crippen LogP contribution in [0.1, 0.15) is 144 Å². The SMILES string of the molecule is C.CC(C)c1ccc(CN2C(=O)C(=O)c3cc(Br)cc(Br)c32)cc1.CC(C)c1ccc(COC(=O)[C@@H]2N3C(=O)C[C@H]3S(=O)(=O)C2(C)C)cc1.CCCC(C)c1ccc(-c2ccc(Cn3cnc4ccccc43)cc2)cc1. The van der Waals surface area contributed by atoms with Crippen molar-refractivity contribution in [1.82, 2.24) is 14.5 Å². The molecule has 2 saturated heterocycles. The van der Waals surface area contributed by atoms with Gasteiger partial charge in [-0.25, -0.2) is 18.2 Å². The first-order chi connectivity index (χ1) is 35.7. The molecule has 3 aliphatic heterocycles. The van der Waals surface area contributed by atoms with Crippen molar-refractivity contribution >= 4 is 82.0 Å². The highest BCUT2D eigenvalue weighted by molar-refractivity contribution is 9.11. The zero-order valence-electron chi connectivity index (χ0n) is 43.7. The number of hydrogen-bond acceptors (Lipinski definition) is 8. The maximum Gasteiger partial charge on any atom is 0.330 e. The lowest BCUT2D eigenvalue weighted by atomic mass is 9.94.